The van der Waals surface area contributed by atoms with Gasteiger partial charge in [0.1, 0.15) is 0 Å². The van der Waals surface area contributed by atoms with Crippen molar-refractivity contribution in [2.45, 2.75) is 411 Å². The van der Waals surface area contributed by atoms with Crippen LogP contribution < -0.4 is 5.32 Å². The number of carbonyl (C=O) groups excluding carboxylic acids is 2. The number of carbonyl (C=O) groups is 2. The van der Waals surface area contributed by atoms with Crippen LogP contribution in [0.4, 0.5) is 0 Å². The first-order chi connectivity index (χ1) is 39.5. The van der Waals surface area contributed by atoms with Crippen LogP contribution in [0.3, 0.4) is 0 Å². The number of amides is 1. The number of nitrogens with one attached hydrogen (secondary N) is 1. The smallest absolute Gasteiger partial charge is 0.305 e. The zero-order valence-corrected chi connectivity index (χ0v) is 54.1. The average molecular weight is 1120 g/mol. The summed E-state index contributed by atoms with van der Waals surface area (Å²) in [6.45, 7) is 4.93. The van der Waals surface area contributed by atoms with E-state index in [-0.39, 0.29) is 18.5 Å². The molecule has 0 radical (unpaired) electrons. The third-order valence-electron chi connectivity index (χ3n) is 16.9. The minimum absolute atomic E-state index is 0.0188. The van der Waals surface area contributed by atoms with Crippen molar-refractivity contribution in [3.05, 3.63) is 36.5 Å². The first-order valence-electron chi connectivity index (χ1n) is 36.3. The van der Waals surface area contributed by atoms with Crippen molar-refractivity contribution in [3.63, 3.8) is 0 Å². The molecule has 0 aromatic carbocycles. The molecule has 0 aliphatic rings. The topological polar surface area (TPSA) is 95.9 Å². The van der Waals surface area contributed by atoms with Crippen LogP contribution in [0, 0.1) is 0 Å². The van der Waals surface area contributed by atoms with E-state index in [1.165, 1.54) is 327 Å². The Hall–Kier alpha value is -1.92. The molecule has 0 spiro atoms. The molecule has 472 valence electrons. The van der Waals surface area contributed by atoms with Gasteiger partial charge in [-0.3, -0.25) is 9.59 Å². The predicted octanol–water partition coefficient (Wildman–Crippen LogP) is 23.5. The van der Waals surface area contributed by atoms with Crippen molar-refractivity contribution >= 4 is 11.9 Å². The molecule has 0 bridgehead atoms. The van der Waals surface area contributed by atoms with Crippen molar-refractivity contribution in [2.75, 3.05) is 13.2 Å². The zero-order chi connectivity index (χ0) is 57.8. The fourth-order valence-corrected chi connectivity index (χ4v) is 11.4. The van der Waals surface area contributed by atoms with Gasteiger partial charge in [-0.05, 0) is 64.2 Å². The van der Waals surface area contributed by atoms with E-state index in [4.69, 9.17) is 4.74 Å². The summed E-state index contributed by atoms with van der Waals surface area (Å²) in [5.41, 5.74) is 0. The third kappa shape index (κ3) is 65.2. The van der Waals surface area contributed by atoms with Crippen LogP contribution in [0.1, 0.15) is 399 Å². The Bertz CT molecular complexity index is 1300. The number of aliphatic hydroxyl groups excluding tert-OH is 2. The molecule has 0 aromatic rings. The zero-order valence-electron chi connectivity index (χ0n) is 54.1. The Morgan fingerprint density at radius 3 is 0.950 bits per heavy atom. The van der Waals surface area contributed by atoms with E-state index in [2.05, 4.69) is 43.5 Å². The van der Waals surface area contributed by atoms with Crippen molar-refractivity contribution in [3.8, 4) is 0 Å². The number of esters is 1. The molecule has 80 heavy (non-hydrogen) atoms. The average Bonchev–Trinajstić information content (AvgIpc) is 3.46. The summed E-state index contributed by atoms with van der Waals surface area (Å²) in [6.07, 6.45) is 89.6. The quantitative estimate of drug-likeness (QED) is 0.0320. The SMILES string of the molecule is CCCCCCCCCCCC/C=C/C(O)C(CO)NC(=O)CCCCCCCCCCCCCCCCCCC/C=C\C/C=C\CCCCCCCCCCCOC(=O)CCCCCCCCCCCCCCCCCCCC. The Kier molecular flexibility index (Phi) is 67.9. The number of unbranched alkanes of at least 4 members (excludes halogenated alkanes) is 53. The minimum Gasteiger partial charge on any atom is -0.466 e. The van der Waals surface area contributed by atoms with Crippen LogP contribution in [-0.2, 0) is 14.3 Å². The lowest BCUT2D eigenvalue weighted by molar-refractivity contribution is -0.143. The maximum absolute atomic E-state index is 12.5. The highest BCUT2D eigenvalue weighted by atomic mass is 16.5. The molecule has 3 N–H and O–H groups in total. The summed E-state index contributed by atoms with van der Waals surface area (Å²) in [7, 11) is 0. The lowest BCUT2D eigenvalue weighted by Gasteiger charge is -2.20. The van der Waals surface area contributed by atoms with Gasteiger partial charge in [0.15, 0.2) is 0 Å². The molecule has 0 aliphatic carbocycles. The largest absolute Gasteiger partial charge is 0.466 e. The molecule has 6 heteroatoms. The second-order valence-electron chi connectivity index (χ2n) is 24.9. The van der Waals surface area contributed by atoms with Crippen molar-refractivity contribution in [1.29, 1.82) is 0 Å². The number of aliphatic hydroxyl groups is 2. The molecule has 0 saturated heterocycles. The molecule has 0 heterocycles. The summed E-state index contributed by atoms with van der Waals surface area (Å²) < 4.78 is 5.51. The number of ether oxygens (including phenoxy) is 1. The molecule has 2 atom stereocenters. The Morgan fingerprint density at radius 1 is 0.350 bits per heavy atom. The molecular weight excluding hydrogens is 983 g/mol. The van der Waals surface area contributed by atoms with Crippen LogP contribution >= 0.6 is 0 Å². The molecular formula is C74H141NO5. The second-order valence-corrected chi connectivity index (χ2v) is 24.9. The van der Waals surface area contributed by atoms with Gasteiger partial charge in [0.2, 0.25) is 5.91 Å². The molecule has 0 aromatic heterocycles. The lowest BCUT2D eigenvalue weighted by atomic mass is 10.0. The second kappa shape index (κ2) is 69.6. The van der Waals surface area contributed by atoms with Gasteiger partial charge in [0.25, 0.3) is 0 Å². The number of allylic oxidation sites excluding steroid dienone is 5. The standard InChI is InChI=1S/C74H141NO5/c1-3-5-7-9-11-13-15-17-18-19-38-41-44-48-52-56-60-64-68-74(79)80-69-65-61-57-53-49-45-42-39-36-34-32-30-28-26-24-22-20-21-23-25-27-29-31-33-35-37-40-43-47-51-55-59-63-67-73(78)75-71(70-76)72(77)66-62-58-54-50-46-16-14-12-10-8-6-4-2/h24,26,30,32,62,66,71-72,76-77H,3-23,25,27-29,31,33-61,63-65,67-70H2,1-2H3,(H,75,78)/b26-24-,32-30-,66-62+. The van der Waals surface area contributed by atoms with Crippen molar-refractivity contribution in [2.24, 2.45) is 0 Å². The Balaban J connectivity index is 3.36. The highest BCUT2D eigenvalue weighted by Crippen LogP contribution is 2.19. The van der Waals surface area contributed by atoms with Crippen LogP contribution in [0.5, 0.6) is 0 Å². The highest BCUT2D eigenvalue weighted by molar-refractivity contribution is 5.76. The van der Waals surface area contributed by atoms with Gasteiger partial charge < -0.3 is 20.3 Å². The van der Waals surface area contributed by atoms with Gasteiger partial charge in [0.05, 0.1) is 25.4 Å². The van der Waals surface area contributed by atoms with E-state index < -0.39 is 12.1 Å². The first kappa shape index (κ1) is 78.1. The highest BCUT2D eigenvalue weighted by Gasteiger charge is 2.18. The molecule has 1 amide bonds. The van der Waals surface area contributed by atoms with Gasteiger partial charge in [-0.1, -0.05) is 359 Å². The predicted molar refractivity (Wildman–Crippen MR) is 352 cm³/mol. The molecule has 6 nitrogen and oxygen atoms in total. The van der Waals surface area contributed by atoms with Gasteiger partial charge in [-0.2, -0.15) is 0 Å². The van der Waals surface area contributed by atoms with E-state index in [0.29, 0.717) is 19.4 Å². The fraction of sp³-hybridized carbons (Fsp3) is 0.892. The number of hydrogen-bond acceptors (Lipinski definition) is 5. The Labute approximate surface area is 500 Å². The van der Waals surface area contributed by atoms with E-state index in [0.717, 1.165) is 44.9 Å². The maximum atomic E-state index is 12.5. The summed E-state index contributed by atoms with van der Waals surface area (Å²) >= 11 is 0. The van der Waals surface area contributed by atoms with Crippen LogP contribution in [0.2, 0.25) is 0 Å². The van der Waals surface area contributed by atoms with Gasteiger partial charge in [-0.25, -0.2) is 0 Å². The maximum Gasteiger partial charge on any atom is 0.305 e. The van der Waals surface area contributed by atoms with Crippen molar-refractivity contribution in [1.82, 2.24) is 5.32 Å². The first-order valence-corrected chi connectivity index (χ1v) is 36.3. The fourth-order valence-electron chi connectivity index (χ4n) is 11.4. The van der Waals surface area contributed by atoms with Crippen molar-refractivity contribution < 1.29 is 24.5 Å². The number of rotatable bonds is 68. The summed E-state index contributed by atoms with van der Waals surface area (Å²) in [5.74, 6) is -0.0466. The van der Waals surface area contributed by atoms with Crippen LogP contribution in [-0.4, -0.2) is 47.4 Å². The Morgan fingerprint density at radius 2 is 0.625 bits per heavy atom. The molecule has 0 rings (SSSR count). The molecule has 0 fully saturated rings. The van der Waals surface area contributed by atoms with E-state index in [1.54, 1.807) is 6.08 Å². The molecule has 0 saturated carbocycles. The summed E-state index contributed by atoms with van der Waals surface area (Å²) in [5, 5.41) is 23.1. The van der Waals surface area contributed by atoms with E-state index >= 15 is 0 Å². The summed E-state index contributed by atoms with van der Waals surface area (Å²) in [6, 6.07) is -0.625. The van der Waals surface area contributed by atoms with Crippen LogP contribution in [0.15, 0.2) is 36.5 Å². The normalized spacial score (nSPS) is 12.7. The van der Waals surface area contributed by atoms with Gasteiger partial charge in [-0.15, -0.1) is 0 Å². The third-order valence-corrected chi connectivity index (χ3v) is 16.9. The van der Waals surface area contributed by atoms with E-state index in [1.807, 2.05) is 6.08 Å². The monoisotopic (exact) mass is 1120 g/mol. The lowest BCUT2D eigenvalue weighted by Crippen LogP contribution is -2.45. The molecule has 0 aliphatic heterocycles. The van der Waals surface area contributed by atoms with Crippen LogP contribution in [0.25, 0.3) is 0 Å². The molecule has 2 unspecified atom stereocenters. The minimum atomic E-state index is -0.842. The van der Waals surface area contributed by atoms with E-state index in [9.17, 15) is 19.8 Å². The summed E-state index contributed by atoms with van der Waals surface area (Å²) in [4.78, 5) is 24.6. The number of hydrogen-bond donors (Lipinski definition) is 3. The van der Waals surface area contributed by atoms with Gasteiger partial charge >= 0.3 is 5.97 Å². The van der Waals surface area contributed by atoms with Gasteiger partial charge in [0, 0.05) is 12.8 Å².